The molecule has 0 aliphatic carbocycles. The van der Waals surface area contributed by atoms with E-state index in [0.29, 0.717) is 50.1 Å². The molecule has 0 aliphatic rings. The molecule has 0 aliphatic heterocycles. The van der Waals surface area contributed by atoms with Gasteiger partial charge in [0.1, 0.15) is 11.3 Å². The Morgan fingerprint density at radius 3 is 2.58 bits per heavy atom. The number of halogens is 2. The van der Waals surface area contributed by atoms with Gasteiger partial charge in [-0.15, -0.1) is 0 Å². The van der Waals surface area contributed by atoms with Crippen molar-refractivity contribution in [1.29, 1.82) is 0 Å². The molecule has 0 spiro atoms. The lowest BCUT2D eigenvalue weighted by Gasteiger charge is -2.22. The molecule has 4 heterocycles. The van der Waals surface area contributed by atoms with Crippen LogP contribution in [-0.4, -0.2) is 36.6 Å². The molecule has 11 heteroatoms. The van der Waals surface area contributed by atoms with E-state index < -0.39 is 11.9 Å². The average molecular weight is 554 g/mol. The Bertz CT molecular complexity index is 1950. The third kappa shape index (κ3) is 4.58. The van der Waals surface area contributed by atoms with E-state index in [1.165, 1.54) is 23.8 Å². The molecule has 0 amide bonds. The average Bonchev–Trinajstić information content (AvgIpc) is 2.96. The lowest BCUT2D eigenvalue weighted by molar-refractivity contribution is 0.380. The highest BCUT2D eigenvalue weighted by Crippen LogP contribution is 2.31. The summed E-state index contributed by atoms with van der Waals surface area (Å²) in [6.07, 6.45) is 4.84. The summed E-state index contributed by atoms with van der Waals surface area (Å²) in [5.41, 5.74) is 3.00. The molecule has 0 fully saturated rings. The number of fused-ring (bicyclic) bond motifs is 2. The smallest absolute Gasteiger partial charge is 0.316 e. The summed E-state index contributed by atoms with van der Waals surface area (Å²) in [7, 11) is 1.48. The van der Waals surface area contributed by atoms with Gasteiger partial charge < -0.3 is 10.1 Å². The molecule has 40 heavy (non-hydrogen) atoms. The number of rotatable bonds is 6. The second kappa shape index (κ2) is 10.3. The van der Waals surface area contributed by atoms with Gasteiger partial charge in [-0.1, -0.05) is 24.3 Å². The highest BCUT2D eigenvalue weighted by molar-refractivity contribution is 6.28. The minimum Gasteiger partial charge on any atom is -0.467 e. The van der Waals surface area contributed by atoms with Crippen LogP contribution in [0.2, 0.25) is 5.28 Å². The maximum atomic E-state index is 14.4. The topological polar surface area (TPSA) is 108 Å². The number of hydrogen-bond acceptors (Lipinski definition) is 8. The molecular formula is C29H21ClFN7O2. The van der Waals surface area contributed by atoms with E-state index in [1.54, 1.807) is 42.9 Å². The van der Waals surface area contributed by atoms with Crippen LogP contribution in [0.3, 0.4) is 0 Å². The second-order valence-corrected chi connectivity index (χ2v) is 9.33. The predicted octanol–water partition coefficient (Wildman–Crippen LogP) is 5.76. The summed E-state index contributed by atoms with van der Waals surface area (Å²) in [6.45, 7) is 1.88. The van der Waals surface area contributed by atoms with E-state index in [0.717, 1.165) is 0 Å². The van der Waals surface area contributed by atoms with Crippen molar-refractivity contribution in [3.63, 3.8) is 0 Å². The van der Waals surface area contributed by atoms with Gasteiger partial charge in [0.25, 0.3) is 5.56 Å². The molecule has 0 bridgehead atoms. The minimum atomic E-state index is -0.482. The van der Waals surface area contributed by atoms with Gasteiger partial charge in [-0.3, -0.25) is 14.3 Å². The lowest BCUT2D eigenvalue weighted by atomic mass is 9.99. The molecule has 9 nitrogen and oxygen atoms in total. The van der Waals surface area contributed by atoms with Crippen LogP contribution in [0.5, 0.6) is 6.01 Å². The zero-order chi connectivity index (χ0) is 27.8. The number of nitrogens with zero attached hydrogens (tertiary/aromatic N) is 6. The maximum Gasteiger partial charge on any atom is 0.316 e. The molecule has 4 aromatic heterocycles. The molecule has 6 rings (SSSR count). The van der Waals surface area contributed by atoms with E-state index in [9.17, 15) is 9.18 Å². The Morgan fingerprint density at radius 1 is 1.00 bits per heavy atom. The van der Waals surface area contributed by atoms with Gasteiger partial charge >= 0.3 is 6.01 Å². The Morgan fingerprint density at radius 2 is 1.80 bits per heavy atom. The summed E-state index contributed by atoms with van der Waals surface area (Å²) in [5, 5.41) is 4.52. The monoisotopic (exact) mass is 553 g/mol. The van der Waals surface area contributed by atoms with Gasteiger partial charge in [0.05, 0.1) is 29.7 Å². The van der Waals surface area contributed by atoms with Gasteiger partial charge in [0.15, 0.2) is 5.82 Å². The van der Waals surface area contributed by atoms with E-state index >= 15 is 0 Å². The molecule has 1 atom stereocenters. The molecule has 1 N–H and O–H groups in total. The van der Waals surface area contributed by atoms with E-state index in [-0.39, 0.29) is 16.9 Å². The number of nitrogens with one attached hydrogen (secondary N) is 1. The first-order valence-corrected chi connectivity index (χ1v) is 12.7. The highest BCUT2D eigenvalue weighted by atomic mass is 35.5. The third-order valence-corrected chi connectivity index (χ3v) is 6.66. The Kier molecular flexibility index (Phi) is 6.53. The molecular weight excluding hydrogens is 533 g/mol. The van der Waals surface area contributed by atoms with Crippen molar-refractivity contribution in [3.8, 4) is 22.8 Å². The molecule has 2 aromatic carbocycles. The molecule has 0 saturated carbocycles. The molecule has 0 radical (unpaired) electrons. The van der Waals surface area contributed by atoms with Gasteiger partial charge in [-0.05, 0) is 65.9 Å². The zero-order valence-corrected chi connectivity index (χ0v) is 22.1. The van der Waals surface area contributed by atoms with Gasteiger partial charge in [0.2, 0.25) is 5.28 Å². The normalized spacial score (nSPS) is 12.0. The van der Waals surface area contributed by atoms with Crippen LogP contribution >= 0.6 is 11.6 Å². The number of anilines is 1. The lowest BCUT2D eigenvalue weighted by Crippen LogP contribution is -2.26. The second-order valence-electron chi connectivity index (χ2n) is 9.00. The van der Waals surface area contributed by atoms with Gasteiger partial charge in [-0.2, -0.15) is 4.98 Å². The summed E-state index contributed by atoms with van der Waals surface area (Å²) in [6, 6.07) is 16.6. The van der Waals surface area contributed by atoms with Crippen molar-refractivity contribution < 1.29 is 9.13 Å². The van der Waals surface area contributed by atoms with Crippen LogP contribution < -0.4 is 15.6 Å². The van der Waals surface area contributed by atoms with Crippen molar-refractivity contribution in [2.45, 2.75) is 13.0 Å². The van der Waals surface area contributed by atoms with Gasteiger partial charge in [0, 0.05) is 29.8 Å². The fourth-order valence-corrected chi connectivity index (χ4v) is 4.88. The number of methoxy groups -OCH3 is 1. The van der Waals surface area contributed by atoms with Crippen LogP contribution in [0.1, 0.15) is 18.7 Å². The highest BCUT2D eigenvalue weighted by Gasteiger charge is 2.21. The summed E-state index contributed by atoms with van der Waals surface area (Å²) in [4.78, 5) is 35.7. The van der Waals surface area contributed by atoms with Crippen LogP contribution in [0.15, 0.2) is 84.0 Å². The first kappa shape index (κ1) is 25.3. The number of hydrogen-bond donors (Lipinski definition) is 1. The van der Waals surface area contributed by atoms with Crippen LogP contribution in [0.25, 0.3) is 38.6 Å². The van der Waals surface area contributed by atoms with Crippen molar-refractivity contribution in [1.82, 2.24) is 29.5 Å². The largest absolute Gasteiger partial charge is 0.467 e. The van der Waals surface area contributed by atoms with Crippen molar-refractivity contribution >= 4 is 39.2 Å². The van der Waals surface area contributed by atoms with E-state index in [2.05, 4.69) is 30.2 Å². The standard InChI is InChI=1S/C29H21ClFN7O2/c1-16(35-26-25-22(10-5-11-32-25)36-28(30)37-26)23-12-17-6-3-9-21(18-14-33-29(40-2)34-15-18)24(17)27(39)38(23)20-8-4-7-19(31)13-20/h3-16H,1-2H3,(H,35,36,37)/t16-/m0/s1. The molecule has 6 aromatic rings. The zero-order valence-electron chi connectivity index (χ0n) is 21.3. The Hall–Kier alpha value is -4.96. The Labute approximate surface area is 232 Å². The first-order chi connectivity index (χ1) is 19.4. The minimum absolute atomic E-state index is 0.0579. The van der Waals surface area contributed by atoms with Crippen molar-refractivity contribution in [2.24, 2.45) is 0 Å². The summed E-state index contributed by atoms with van der Waals surface area (Å²) < 4.78 is 21.0. The maximum absolute atomic E-state index is 14.4. The van der Waals surface area contributed by atoms with E-state index in [4.69, 9.17) is 16.3 Å². The summed E-state index contributed by atoms with van der Waals surface area (Å²) >= 11 is 6.19. The number of benzene rings is 2. The van der Waals surface area contributed by atoms with E-state index in [1.807, 2.05) is 31.2 Å². The molecule has 0 saturated heterocycles. The molecule has 0 unspecified atom stereocenters. The fraction of sp³-hybridized carbons (Fsp3) is 0.103. The first-order valence-electron chi connectivity index (χ1n) is 12.3. The SMILES string of the molecule is COc1ncc(-c2cccc3cc([C@H](C)Nc4nc(Cl)nc5cccnc45)n(-c4cccc(F)c4)c(=O)c23)cn1. The fourth-order valence-electron chi connectivity index (χ4n) is 4.70. The number of pyridine rings is 2. The third-order valence-electron chi connectivity index (χ3n) is 6.49. The van der Waals surface area contributed by atoms with Crippen LogP contribution in [-0.2, 0) is 0 Å². The van der Waals surface area contributed by atoms with Crippen molar-refractivity contribution in [3.05, 3.63) is 106 Å². The quantitative estimate of drug-likeness (QED) is 0.259. The van der Waals surface area contributed by atoms with Gasteiger partial charge in [-0.25, -0.2) is 19.3 Å². The van der Waals surface area contributed by atoms with Crippen molar-refractivity contribution in [2.75, 3.05) is 12.4 Å². The van der Waals surface area contributed by atoms with Crippen LogP contribution in [0.4, 0.5) is 10.2 Å². The number of ether oxygens (including phenoxy) is 1. The van der Waals surface area contributed by atoms with Crippen LogP contribution in [0, 0.1) is 5.82 Å². The predicted molar refractivity (Wildman–Crippen MR) is 151 cm³/mol. The molecule has 198 valence electrons. The number of aromatic nitrogens is 6. The Balaban J connectivity index is 1.57. The summed E-state index contributed by atoms with van der Waals surface area (Å²) in [5.74, 6) is -0.0590.